The van der Waals surface area contributed by atoms with Crippen LogP contribution in [0.5, 0.6) is 0 Å². The van der Waals surface area contributed by atoms with Crippen LogP contribution in [0.4, 0.5) is 0 Å². The number of nitrogens with one attached hydrogen (secondary N) is 1. The molecule has 2 aliphatic rings. The first-order valence-electron chi connectivity index (χ1n) is 7.01. The third kappa shape index (κ3) is 4.43. The maximum Gasteiger partial charge on any atom is 0.0218 e. The lowest BCUT2D eigenvalue weighted by Gasteiger charge is -2.37. The molecule has 2 fully saturated rings. The molecule has 3 nitrogen and oxygen atoms in total. The molecule has 2 rings (SSSR count). The molecule has 2 saturated heterocycles. The van der Waals surface area contributed by atoms with Gasteiger partial charge in [-0.3, -0.25) is 4.90 Å². The third-order valence-corrected chi connectivity index (χ3v) is 4.87. The van der Waals surface area contributed by atoms with E-state index in [2.05, 4.69) is 40.7 Å². The summed E-state index contributed by atoms with van der Waals surface area (Å²) < 4.78 is 0. The molecule has 0 aromatic heterocycles. The van der Waals surface area contributed by atoms with Gasteiger partial charge in [0.25, 0.3) is 0 Å². The minimum Gasteiger partial charge on any atom is -0.311 e. The van der Waals surface area contributed by atoms with Crippen molar-refractivity contribution in [2.24, 2.45) is 5.92 Å². The summed E-state index contributed by atoms with van der Waals surface area (Å²) in [4.78, 5) is 5.27. The van der Waals surface area contributed by atoms with E-state index in [0.29, 0.717) is 6.04 Å². The lowest BCUT2D eigenvalue weighted by atomic mass is 10.0. The van der Waals surface area contributed by atoms with Gasteiger partial charge in [-0.2, -0.15) is 11.8 Å². The Morgan fingerprint density at radius 3 is 2.53 bits per heavy atom. The van der Waals surface area contributed by atoms with Crippen molar-refractivity contribution in [3.63, 3.8) is 0 Å². The number of rotatable bonds is 4. The SMILES string of the molecule is CC(C)C1CN(CCN2CCSCC2)CCN1. The summed E-state index contributed by atoms with van der Waals surface area (Å²) in [6, 6.07) is 0.695. The number of piperazine rings is 1. The van der Waals surface area contributed by atoms with E-state index in [1.54, 1.807) is 0 Å². The summed E-state index contributed by atoms with van der Waals surface area (Å²) in [6.45, 7) is 13.4. The van der Waals surface area contributed by atoms with Crippen molar-refractivity contribution in [1.29, 1.82) is 0 Å². The molecule has 0 aromatic rings. The van der Waals surface area contributed by atoms with Crippen molar-refractivity contribution in [2.75, 3.05) is 57.3 Å². The highest BCUT2D eigenvalue weighted by atomic mass is 32.2. The van der Waals surface area contributed by atoms with Gasteiger partial charge >= 0.3 is 0 Å². The van der Waals surface area contributed by atoms with Gasteiger partial charge in [0.1, 0.15) is 0 Å². The maximum atomic E-state index is 3.63. The normalized spacial score (nSPS) is 28.8. The Labute approximate surface area is 110 Å². The smallest absolute Gasteiger partial charge is 0.0218 e. The summed E-state index contributed by atoms with van der Waals surface area (Å²) in [5.41, 5.74) is 0. The molecular formula is C13H27N3S. The second-order valence-electron chi connectivity index (χ2n) is 5.56. The van der Waals surface area contributed by atoms with Gasteiger partial charge in [-0.15, -0.1) is 0 Å². The van der Waals surface area contributed by atoms with Crippen LogP contribution >= 0.6 is 11.8 Å². The topological polar surface area (TPSA) is 18.5 Å². The highest BCUT2D eigenvalue weighted by molar-refractivity contribution is 7.99. The zero-order chi connectivity index (χ0) is 12.1. The van der Waals surface area contributed by atoms with Crippen molar-refractivity contribution in [2.45, 2.75) is 19.9 Å². The molecule has 4 heteroatoms. The molecule has 0 spiro atoms. The van der Waals surface area contributed by atoms with Crippen molar-refractivity contribution >= 4 is 11.8 Å². The largest absolute Gasteiger partial charge is 0.311 e. The highest BCUT2D eigenvalue weighted by Crippen LogP contribution is 2.10. The van der Waals surface area contributed by atoms with Gasteiger partial charge in [0.2, 0.25) is 0 Å². The third-order valence-electron chi connectivity index (χ3n) is 3.93. The predicted molar refractivity (Wildman–Crippen MR) is 76.8 cm³/mol. The number of hydrogen-bond donors (Lipinski definition) is 1. The van der Waals surface area contributed by atoms with Crippen LogP contribution in [0.15, 0.2) is 0 Å². The predicted octanol–water partition coefficient (Wildman–Crippen LogP) is 0.965. The monoisotopic (exact) mass is 257 g/mol. The van der Waals surface area contributed by atoms with Crippen LogP contribution < -0.4 is 5.32 Å². The highest BCUT2D eigenvalue weighted by Gasteiger charge is 2.22. The first-order chi connectivity index (χ1) is 8.25. The van der Waals surface area contributed by atoms with E-state index in [1.807, 2.05) is 0 Å². The van der Waals surface area contributed by atoms with Crippen LogP contribution in [0.25, 0.3) is 0 Å². The van der Waals surface area contributed by atoms with Crippen molar-refractivity contribution in [1.82, 2.24) is 15.1 Å². The summed E-state index contributed by atoms with van der Waals surface area (Å²) >= 11 is 2.10. The first kappa shape index (κ1) is 13.7. The molecule has 0 saturated carbocycles. The van der Waals surface area contributed by atoms with Gasteiger partial charge in [-0.05, 0) is 5.92 Å². The molecular weight excluding hydrogens is 230 g/mol. The van der Waals surface area contributed by atoms with Gasteiger partial charge in [0, 0.05) is 63.4 Å². The molecule has 17 heavy (non-hydrogen) atoms. The van der Waals surface area contributed by atoms with Crippen molar-refractivity contribution < 1.29 is 0 Å². The van der Waals surface area contributed by atoms with E-state index in [-0.39, 0.29) is 0 Å². The van der Waals surface area contributed by atoms with Crippen LogP contribution in [-0.4, -0.2) is 73.2 Å². The lowest BCUT2D eigenvalue weighted by Crippen LogP contribution is -2.54. The zero-order valence-electron chi connectivity index (χ0n) is 11.3. The van der Waals surface area contributed by atoms with Gasteiger partial charge in [-0.25, -0.2) is 0 Å². The Balaban J connectivity index is 1.67. The Kier molecular flexibility index (Phi) is 5.60. The Morgan fingerprint density at radius 2 is 1.82 bits per heavy atom. The minimum atomic E-state index is 0.695. The standard InChI is InChI=1S/C13H27N3S/c1-12(2)13-11-16(4-3-14-13)6-5-15-7-9-17-10-8-15/h12-14H,3-11H2,1-2H3. The second-order valence-corrected chi connectivity index (χ2v) is 6.78. The zero-order valence-corrected chi connectivity index (χ0v) is 12.1. The van der Waals surface area contributed by atoms with Crippen molar-refractivity contribution in [3.8, 4) is 0 Å². The van der Waals surface area contributed by atoms with Gasteiger partial charge in [-0.1, -0.05) is 13.8 Å². The van der Waals surface area contributed by atoms with Crippen LogP contribution in [0, 0.1) is 5.92 Å². The van der Waals surface area contributed by atoms with Gasteiger partial charge in [0.15, 0.2) is 0 Å². The summed E-state index contributed by atoms with van der Waals surface area (Å²) in [6.07, 6.45) is 0. The fourth-order valence-electron chi connectivity index (χ4n) is 2.60. The van der Waals surface area contributed by atoms with E-state index < -0.39 is 0 Å². The van der Waals surface area contributed by atoms with Crippen LogP contribution in [0.3, 0.4) is 0 Å². The lowest BCUT2D eigenvalue weighted by molar-refractivity contribution is 0.153. The van der Waals surface area contributed by atoms with Gasteiger partial charge < -0.3 is 10.2 Å². The molecule has 0 radical (unpaired) electrons. The molecule has 2 aliphatic heterocycles. The summed E-state index contributed by atoms with van der Waals surface area (Å²) in [5, 5.41) is 3.63. The van der Waals surface area contributed by atoms with E-state index in [4.69, 9.17) is 0 Å². The molecule has 1 unspecified atom stereocenters. The molecule has 2 heterocycles. The number of hydrogen-bond acceptors (Lipinski definition) is 4. The fourth-order valence-corrected chi connectivity index (χ4v) is 3.58. The molecule has 0 aromatic carbocycles. The molecule has 1 N–H and O–H groups in total. The Hall–Kier alpha value is 0.230. The maximum absolute atomic E-state index is 3.63. The molecule has 0 aliphatic carbocycles. The molecule has 1 atom stereocenters. The van der Waals surface area contributed by atoms with E-state index in [0.717, 1.165) is 5.92 Å². The van der Waals surface area contributed by atoms with E-state index in [1.165, 1.54) is 57.3 Å². The van der Waals surface area contributed by atoms with Crippen LogP contribution in [-0.2, 0) is 0 Å². The number of thioether (sulfide) groups is 1. The first-order valence-corrected chi connectivity index (χ1v) is 8.17. The Bertz CT molecular complexity index is 217. The minimum absolute atomic E-state index is 0.695. The average molecular weight is 257 g/mol. The second kappa shape index (κ2) is 6.98. The van der Waals surface area contributed by atoms with E-state index in [9.17, 15) is 0 Å². The summed E-state index contributed by atoms with van der Waals surface area (Å²) in [5.74, 6) is 3.41. The quantitative estimate of drug-likeness (QED) is 0.808. The average Bonchev–Trinajstić information content (AvgIpc) is 2.38. The van der Waals surface area contributed by atoms with E-state index >= 15 is 0 Å². The van der Waals surface area contributed by atoms with Crippen LogP contribution in [0.1, 0.15) is 13.8 Å². The molecule has 100 valence electrons. The molecule has 0 amide bonds. The van der Waals surface area contributed by atoms with Crippen LogP contribution in [0.2, 0.25) is 0 Å². The Morgan fingerprint density at radius 1 is 1.12 bits per heavy atom. The van der Waals surface area contributed by atoms with Crippen molar-refractivity contribution in [3.05, 3.63) is 0 Å². The summed E-state index contributed by atoms with van der Waals surface area (Å²) in [7, 11) is 0. The molecule has 0 bridgehead atoms. The fraction of sp³-hybridized carbons (Fsp3) is 1.00. The number of nitrogens with zero attached hydrogens (tertiary/aromatic N) is 2. The van der Waals surface area contributed by atoms with Gasteiger partial charge in [0.05, 0.1) is 0 Å².